The van der Waals surface area contributed by atoms with Gasteiger partial charge in [-0.25, -0.2) is 4.39 Å². The van der Waals surface area contributed by atoms with Crippen LogP contribution in [0.1, 0.15) is 16.8 Å². The van der Waals surface area contributed by atoms with E-state index in [2.05, 4.69) is 0 Å². The Balaban J connectivity index is 2.24. The number of ether oxygens (including phenoxy) is 1. The van der Waals surface area contributed by atoms with Gasteiger partial charge in [0.2, 0.25) is 0 Å². The molecule has 0 aliphatic carbocycles. The van der Waals surface area contributed by atoms with Crippen LogP contribution in [0.15, 0.2) is 42.5 Å². The standard InChI is InChI=1S/C16H12F4O2/c17-13-5-6-14(12-3-1-11(10-21)2-4-12)15(9-13)22-8-7-16(18,19)20/h1-6,9-10H,7-8H2. The molecule has 0 heterocycles. The van der Waals surface area contributed by atoms with Crippen molar-refractivity contribution in [3.05, 3.63) is 53.8 Å². The molecule has 0 N–H and O–H groups in total. The third kappa shape index (κ3) is 4.31. The van der Waals surface area contributed by atoms with Gasteiger partial charge in [-0.3, -0.25) is 4.79 Å². The minimum Gasteiger partial charge on any atom is -0.492 e. The van der Waals surface area contributed by atoms with Crippen LogP contribution in [-0.2, 0) is 0 Å². The second-order valence-electron chi connectivity index (χ2n) is 4.59. The molecule has 0 aromatic heterocycles. The fourth-order valence-corrected chi connectivity index (χ4v) is 1.87. The highest BCUT2D eigenvalue weighted by Gasteiger charge is 2.27. The van der Waals surface area contributed by atoms with Crippen molar-refractivity contribution in [2.24, 2.45) is 0 Å². The van der Waals surface area contributed by atoms with Crippen molar-refractivity contribution in [3.63, 3.8) is 0 Å². The molecule has 0 unspecified atom stereocenters. The van der Waals surface area contributed by atoms with Gasteiger partial charge in [-0.15, -0.1) is 0 Å². The number of halogens is 4. The molecule has 6 heteroatoms. The predicted octanol–water partition coefficient (Wildman–Crippen LogP) is 4.64. The van der Waals surface area contributed by atoms with Gasteiger partial charge < -0.3 is 4.74 Å². The second kappa shape index (κ2) is 6.60. The van der Waals surface area contributed by atoms with Crippen LogP contribution >= 0.6 is 0 Å². The van der Waals surface area contributed by atoms with Crippen LogP contribution in [0.2, 0.25) is 0 Å². The van der Waals surface area contributed by atoms with Gasteiger partial charge in [0.25, 0.3) is 0 Å². The van der Waals surface area contributed by atoms with Crippen LogP contribution in [0.4, 0.5) is 17.6 Å². The van der Waals surface area contributed by atoms with E-state index in [1.54, 1.807) is 24.3 Å². The lowest BCUT2D eigenvalue weighted by molar-refractivity contribution is -0.139. The molecule has 0 saturated heterocycles. The van der Waals surface area contributed by atoms with Crippen molar-refractivity contribution < 1.29 is 27.1 Å². The molecule has 22 heavy (non-hydrogen) atoms. The van der Waals surface area contributed by atoms with E-state index in [0.717, 1.165) is 6.07 Å². The lowest BCUT2D eigenvalue weighted by Gasteiger charge is -2.13. The summed E-state index contributed by atoms with van der Waals surface area (Å²) in [6.07, 6.45) is -4.78. The Kier molecular flexibility index (Phi) is 4.80. The van der Waals surface area contributed by atoms with Gasteiger partial charge >= 0.3 is 6.18 Å². The van der Waals surface area contributed by atoms with Crippen LogP contribution in [0, 0.1) is 5.82 Å². The number of carbonyl (C=O) groups excluding carboxylic acids is 1. The third-order valence-corrected chi connectivity index (χ3v) is 2.94. The SMILES string of the molecule is O=Cc1ccc(-c2ccc(F)cc2OCCC(F)(F)F)cc1. The van der Waals surface area contributed by atoms with Gasteiger partial charge in [0.15, 0.2) is 0 Å². The first-order chi connectivity index (χ1) is 10.4. The fraction of sp³-hybridized carbons (Fsp3) is 0.188. The molecule has 0 amide bonds. The Hall–Kier alpha value is -2.37. The topological polar surface area (TPSA) is 26.3 Å². The molecular weight excluding hydrogens is 300 g/mol. The van der Waals surface area contributed by atoms with Crippen molar-refractivity contribution in [2.45, 2.75) is 12.6 Å². The van der Waals surface area contributed by atoms with E-state index in [1.165, 1.54) is 12.1 Å². The van der Waals surface area contributed by atoms with Crippen LogP contribution < -0.4 is 4.74 Å². The first-order valence-corrected chi connectivity index (χ1v) is 6.44. The maximum atomic E-state index is 13.3. The van der Waals surface area contributed by atoms with Gasteiger partial charge in [-0.05, 0) is 17.7 Å². The Bertz CT molecular complexity index is 648. The highest BCUT2D eigenvalue weighted by atomic mass is 19.4. The maximum absolute atomic E-state index is 13.3. The summed E-state index contributed by atoms with van der Waals surface area (Å²) in [6, 6.07) is 10.0. The maximum Gasteiger partial charge on any atom is 0.392 e. The van der Waals surface area contributed by atoms with Crippen molar-refractivity contribution in [3.8, 4) is 16.9 Å². The first-order valence-electron chi connectivity index (χ1n) is 6.44. The highest BCUT2D eigenvalue weighted by Crippen LogP contribution is 2.31. The molecular formula is C16H12F4O2. The van der Waals surface area contributed by atoms with Crippen molar-refractivity contribution in [2.75, 3.05) is 6.61 Å². The third-order valence-electron chi connectivity index (χ3n) is 2.94. The predicted molar refractivity (Wildman–Crippen MR) is 73.4 cm³/mol. The van der Waals surface area contributed by atoms with Gasteiger partial charge in [-0.2, -0.15) is 13.2 Å². The monoisotopic (exact) mass is 312 g/mol. The zero-order valence-electron chi connectivity index (χ0n) is 11.4. The van der Waals surface area contributed by atoms with E-state index in [9.17, 15) is 22.4 Å². The number of aldehydes is 1. The lowest BCUT2D eigenvalue weighted by Crippen LogP contribution is -2.13. The summed E-state index contributed by atoms with van der Waals surface area (Å²) in [6.45, 7) is -0.591. The average Bonchev–Trinajstić information content (AvgIpc) is 2.46. The Morgan fingerprint density at radius 3 is 2.32 bits per heavy atom. The molecule has 0 aliphatic heterocycles. The number of carbonyl (C=O) groups is 1. The van der Waals surface area contributed by atoms with Crippen molar-refractivity contribution in [1.82, 2.24) is 0 Å². The quantitative estimate of drug-likeness (QED) is 0.594. The summed E-state index contributed by atoms with van der Waals surface area (Å²) in [5.41, 5.74) is 1.54. The second-order valence-corrected chi connectivity index (χ2v) is 4.59. The van der Waals surface area contributed by atoms with Crippen molar-refractivity contribution >= 4 is 6.29 Å². The molecule has 0 bridgehead atoms. The molecule has 116 valence electrons. The fourth-order valence-electron chi connectivity index (χ4n) is 1.87. The number of rotatable bonds is 5. The summed E-state index contributed by atoms with van der Waals surface area (Å²) in [7, 11) is 0. The Morgan fingerprint density at radius 2 is 1.73 bits per heavy atom. The zero-order valence-corrected chi connectivity index (χ0v) is 11.4. The molecule has 2 aromatic carbocycles. The Labute approximate surface area is 124 Å². The average molecular weight is 312 g/mol. The smallest absolute Gasteiger partial charge is 0.392 e. The van der Waals surface area contributed by atoms with E-state index in [1.807, 2.05) is 0 Å². The summed E-state index contributed by atoms with van der Waals surface area (Å²) in [4.78, 5) is 10.6. The zero-order chi connectivity index (χ0) is 16.2. The molecule has 0 atom stereocenters. The van der Waals surface area contributed by atoms with E-state index in [4.69, 9.17) is 4.74 Å². The Morgan fingerprint density at radius 1 is 1.05 bits per heavy atom. The van der Waals surface area contributed by atoms with E-state index in [0.29, 0.717) is 23.0 Å². The number of hydrogen-bond donors (Lipinski definition) is 0. The first kappa shape index (κ1) is 16.0. The molecule has 0 spiro atoms. The van der Waals surface area contributed by atoms with E-state index >= 15 is 0 Å². The van der Waals surface area contributed by atoms with Gasteiger partial charge in [0, 0.05) is 17.2 Å². The summed E-state index contributed by atoms with van der Waals surface area (Å²) < 4.78 is 54.8. The summed E-state index contributed by atoms with van der Waals surface area (Å²) >= 11 is 0. The molecule has 2 nitrogen and oxygen atoms in total. The molecule has 0 radical (unpaired) electrons. The van der Waals surface area contributed by atoms with Crippen LogP contribution in [0.25, 0.3) is 11.1 Å². The van der Waals surface area contributed by atoms with Crippen LogP contribution in [0.3, 0.4) is 0 Å². The van der Waals surface area contributed by atoms with Gasteiger partial charge in [0.05, 0.1) is 13.0 Å². The van der Waals surface area contributed by atoms with Gasteiger partial charge in [-0.1, -0.05) is 24.3 Å². The summed E-state index contributed by atoms with van der Waals surface area (Å²) in [5.74, 6) is -0.571. The summed E-state index contributed by atoms with van der Waals surface area (Å²) in [5, 5.41) is 0. The minimum atomic E-state index is -4.33. The molecule has 0 aliphatic rings. The molecule has 0 fully saturated rings. The number of hydrogen-bond acceptors (Lipinski definition) is 2. The molecule has 0 saturated carbocycles. The molecule has 2 rings (SSSR count). The highest BCUT2D eigenvalue weighted by molar-refractivity contribution is 5.78. The van der Waals surface area contributed by atoms with Crippen molar-refractivity contribution in [1.29, 1.82) is 0 Å². The lowest BCUT2D eigenvalue weighted by atomic mass is 10.0. The number of benzene rings is 2. The minimum absolute atomic E-state index is 0.0307. The van der Waals surface area contributed by atoms with Gasteiger partial charge in [0.1, 0.15) is 17.9 Å². The van der Waals surface area contributed by atoms with E-state index in [-0.39, 0.29) is 5.75 Å². The van der Waals surface area contributed by atoms with Crippen LogP contribution in [-0.4, -0.2) is 19.1 Å². The molecule has 2 aromatic rings. The normalized spacial score (nSPS) is 11.3. The largest absolute Gasteiger partial charge is 0.492 e. The van der Waals surface area contributed by atoms with Crippen LogP contribution in [0.5, 0.6) is 5.75 Å². The van der Waals surface area contributed by atoms with E-state index < -0.39 is 25.0 Å². The number of alkyl halides is 3.